The lowest BCUT2D eigenvalue weighted by atomic mass is 10.0. The number of rotatable bonds is 7. The third-order valence-corrected chi connectivity index (χ3v) is 4.72. The highest BCUT2D eigenvalue weighted by Crippen LogP contribution is 2.25. The lowest BCUT2D eigenvalue weighted by molar-refractivity contribution is 1.34. The maximum Gasteiger partial charge on any atom is 0.0384 e. The molecule has 0 spiro atoms. The summed E-state index contributed by atoms with van der Waals surface area (Å²) in [6.45, 7) is 12.2. The summed E-state index contributed by atoms with van der Waals surface area (Å²) in [5.41, 5.74) is 8.44. The molecule has 28 heavy (non-hydrogen) atoms. The number of benzene rings is 3. The van der Waals surface area contributed by atoms with Crippen molar-refractivity contribution in [3.63, 3.8) is 0 Å². The minimum Gasteiger partial charge on any atom is -0.356 e. The van der Waals surface area contributed by atoms with Crippen LogP contribution in [0.4, 0.5) is 11.4 Å². The van der Waals surface area contributed by atoms with E-state index in [1.165, 1.54) is 11.1 Å². The van der Waals surface area contributed by atoms with E-state index in [1.807, 2.05) is 50.3 Å². The van der Waals surface area contributed by atoms with Gasteiger partial charge in [-0.1, -0.05) is 73.8 Å². The summed E-state index contributed by atoms with van der Waals surface area (Å²) in [5, 5.41) is 6.70. The highest BCUT2D eigenvalue weighted by molar-refractivity contribution is 5.76. The fourth-order valence-electron chi connectivity index (χ4n) is 2.82. The van der Waals surface area contributed by atoms with E-state index in [4.69, 9.17) is 0 Å². The second kappa shape index (κ2) is 8.92. The van der Waals surface area contributed by atoms with Gasteiger partial charge in [0.2, 0.25) is 0 Å². The zero-order valence-corrected chi connectivity index (χ0v) is 16.5. The molecule has 3 aromatic carbocycles. The first kappa shape index (κ1) is 19.2. The summed E-state index contributed by atoms with van der Waals surface area (Å²) in [6.07, 6.45) is 2.05. The molecule has 0 aromatic heterocycles. The van der Waals surface area contributed by atoms with Gasteiger partial charge in [0.1, 0.15) is 0 Å². The van der Waals surface area contributed by atoms with E-state index in [0.717, 1.165) is 33.9 Å². The molecule has 0 saturated heterocycles. The van der Waals surface area contributed by atoms with Gasteiger partial charge in [0.15, 0.2) is 0 Å². The molecule has 3 aromatic rings. The Morgan fingerprint density at radius 3 is 1.71 bits per heavy atom. The van der Waals surface area contributed by atoms with Crippen molar-refractivity contribution in [1.29, 1.82) is 0 Å². The summed E-state index contributed by atoms with van der Waals surface area (Å²) >= 11 is 0. The van der Waals surface area contributed by atoms with Gasteiger partial charge in [-0.25, -0.2) is 0 Å². The van der Waals surface area contributed by atoms with Crippen molar-refractivity contribution in [2.45, 2.75) is 13.8 Å². The van der Waals surface area contributed by atoms with E-state index in [-0.39, 0.29) is 0 Å². The highest BCUT2D eigenvalue weighted by atomic mass is 14.9. The van der Waals surface area contributed by atoms with Crippen molar-refractivity contribution in [1.82, 2.24) is 0 Å². The molecule has 0 atom stereocenters. The molecule has 0 radical (unpaired) electrons. The molecule has 0 amide bonds. The van der Waals surface area contributed by atoms with E-state index in [0.29, 0.717) is 0 Å². The third kappa shape index (κ3) is 4.80. The zero-order chi connectivity index (χ0) is 19.9. The molecule has 3 rings (SSSR count). The Morgan fingerprint density at radius 2 is 1.21 bits per heavy atom. The molecular formula is C26H26N2. The molecule has 0 aliphatic heterocycles. The maximum absolute atomic E-state index is 4.12. The first-order valence-corrected chi connectivity index (χ1v) is 9.38. The van der Waals surface area contributed by atoms with Crippen molar-refractivity contribution in [3.05, 3.63) is 115 Å². The van der Waals surface area contributed by atoms with Crippen LogP contribution in [0.5, 0.6) is 0 Å². The minimum absolute atomic E-state index is 0.889. The van der Waals surface area contributed by atoms with Gasteiger partial charge in [0.05, 0.1) is 0 Å². The predicted molar refractivity (Wildman–Crippen MR) is 123 cm³/mol. The monoisotopic (exact) mass is 366 g/mol. The van der Waals surface area contributed by atoms with Crippen LogP contribution in [-0.2, 0) is 0 Å². The average molecular weight is 367 g/mol. The predicted octanol–water partition coefficient (Wildman–Crippen LogP) is 7.33. The van der Waals surface area contributed by atoms with Crippen molar-refractivity contribution in [2.75, 3.05) is 10.6 Å². The van der Waals surface area contributed by atoms with Crippen LogP contribution in [0.3, 0.4) is 0 Å². The SMILES string of the molecule is C=C(Nc1ccc(-c2ccc(NC(=C)c3ccccc3)cc2)cc1)/C(C)=C/C. The topological polar surface area (TPSA) is 24.1 Å². The number of allylic oxidation sites excluding steroid dienone is 2. The Hall–Kier alpha value is -3.52. The average Bonchev–Trinajstić information content (AvgIpc) is 2.75. The summed E-state index contributed by atoms with van der Waals surface area (Å²) < 4.78 is 0. The van der Waals surface area contributed by atoms with E-state index in [9.17, 15) is 0 Å². The van der Waals surface area contributed by atoms with Crippen LogP contribution in [0.1, 0.15) is 19.4 Å². The maximum atomic E-state index is 4.12. The summed E-state index contributed by atoms with van der Waals surface area (Å²) in [4.78, 5) is 0. The van der Waals surface area contributed by atoms with Gasteiger partial charge < -0.3 is 10.6 Å². The van der Waals surface area contributed by atoms with Crippen LogP contribution < -0.4 is 10.6 Å². The van der Waals surface area contributed by atoms with E-state index < -0.39 is 0 Å². The van der Waals surface area contributed by atoms with E-state index >= 15 is 0 Å². The quantitative estimate of drug-likeness (QED) is 0.428. The van der Waals surface area contributed by atoms with Gasteiger partial charge in [0.25, 0.3) is 0 Å². The Morgan fingerprint density at radius 1 is 0.714 bits per heavy atom. The first-order chi connectivity index (χ1) is 13.6. The number of hydrogen-bond acceptors (Lipinski definition) is 2. The molecule has 0 bridgehead atoms. The fraction of sp³-hybridized carbons (Fsp3) is 0.0769. The van der Waals surface area contributed by atoms with Crippen molar-refractivity contribution in [3.8, 4) is 11.1 Å². The number of anilines is 2. The Balaban J connectivity index is 1.66. The summed E-state index contributed by atoms with van der Waals surface area (Å²) in [6, 6.07) is 26.9. The number of nitrogens with one attached hydrogen (secondary N) is 2. The largest absolute Gasteiger partial charge is 0.356 e. The number of hydrogen-bond donors (Lipinski definition) is 2. The van der Waals surface area contributed by atoms with Gasteiger partial charge in [-0.3, -0.25) is 0 Å². The molecule has 0 saturated carbocycles. The summed E-state index contributed by atoms with van der Waals surface area (Å²) in [5.74, 6) is 0. The van der Waals surface area contributed by atoms with Crippen molar-refractivity contribution >= 4 is 17.1 Å². The molecule has 0 heterocycles. The molecule has 2 nitrogen and oxygen atoms in total. The van der Waals surface area contributed by atoms with Crippen LogP contribution >= 0.6 is 0 Å². The second-order valence-corrected chi connectivity index (χ2v) is 6.70. The molecule has 0 unspecified atom stereocenters. The zero-order valence-electron chi connectivity index (χ0n) is 16.5. The lowest BCUT2D eigenvalue weighted by Gasteiger charge is -2.12. The van der Waals surface area contributed by atoms with Crippen LogP contribution in [0.15, 0.2) is 109 Å². The molecule has 0 aliphatic rings. The van der Waals surface area contributed by atoms with Crippen molar-refractivity contribution < 1.29 is 0 Å². The van der Waals surface area contributed by atoms with E-state index in [2.05, 4.69) is 72.3 Å². The standard InChI is InChI=1S/C26H26N2/c1-5-19(2)20(3)27-25-15-11-23(12-16-25)24-13-17-26(18-14-24)28-21(4)22-9-7-6-8-10-22/h5-18,27-28H,3-4H2,1-2H3/b19-5+. The van der Waals surface area contributed by atoms with Crippen LogP contribution in [0.2, 0.25) is 0 Å². The second-order valence-electron chi connectivity index (χ2n) is 6.70. The molecule has 0 aliphatic carbocycles. The normalized spacial score (nSPS) is 11.0. The fourth-order valence-corrected chi connectivity index (χ4v) is 2.82. The van der Waals surface area contributed by atoms with Gasteiger partial charge in [0, 0.05) is 22.8 Å². The smallest absolute Gasteiger partial charge is 0.0384 e. The molecule has 2 heteroatoms. The van der Waals surface area contributed by atoms with Crippen LogP contribution in [0.25, 0.3) is 16.8 Å². The Bertz CT molecular complexity index is 979. The van der Waals surface area contributed by atoms with Crippen LogP contribution in [0, 0.1) is 0 Å². The first-order valence-electron chi connectivity index (χ1n) is 9.38. The lowest BCUT2D eigenvalue weighted by Crippen LogP contribution is -1.99. The van der Waals surface area contributed by atoms with Crippen LogP contribution in [-0.4, -0.2) is 0 Å². The highest BCUT2D eigenvalue weighted by Gasteiger charge is 2.02. The van der Waals surface area contributed by atoms with Gasteiger partial charge >= 0.3 is 0 Å². The Kier molecular flexibility index (Phi) is 6.13. The third-order valence-electron chi connectivity index (χ3n) is 4.72. The molecule has 2 N–H and O–H groups in total. The van der Waals surface area contributed by atoms with Gasteiger partial charge in [-0.05, 0) is 60.4 Å². The van der Waals surface area contributed by atoms with Gasteiger partial charge in [-0.15, -0.1) is 0 Å². The van der Waals surface area contributed by atoms with Crippen molar-refractivity contribution in [2.24, 2.45) is 0 Å². The molecule has 0 fully saturated rings. The summed E-state index contributed by atoms with van der Waals surface area (Å²) in [7, 11) is 0. The minimum atomic E-state index is 0.889. The van der Waals surface area contributed by atoms with E-state index in [1.54, 1.807) is 0 Å². The Labute approximate surface area is 167 Å². The molecular weight excluding hydrogens is 340 g/mol. The van der Waals surface area contributed by atoms with Gasteiger partial charge in [-0.2, -0.15) is 0 Å². The molecule has 140 valence electrons.